The molecule has 0 amide bonds. The summed E-state index contributed by atoms with van der Waals surface area (Å²) in [6, 6.07) is 16.3. The number of sulfonamides is 1. The van der Waals surface area contributed by atoms with Crippen molar-refractivity contribution in [2.24, 2.45) is 0 Å². The summed E-state index contributed by atoms with van der Waals surface area (Å²) in [5.41, 5.74) is 3.14. The van der Waals surface area contributed by atoms with E-state index in [1.165, 1.54) is 0 Å². The second-order valence-electron chi connectivity index (χ2n) is 8.83. The molecular formula is C24H25BrClN5O2S. The van der Waals surface area contributed by atoms with Crippen molar-refractivity contribution in [1.29, 1.82) is 0 Å². The first-order chi connectivity index (χ1) is 16.1. The summed E-state index contributed by atoms with van der Waals surface area (Å²) in [7, 11) is -3.62. The molecule has 2 aromatic carbocycles. The zero-order valence-electron chi connectivity index (χ0n) is 19.0. The molecule has 0 saturated carbocycles. The molecule has 0 radical (unpaired) electrons. The molecule has 0 saturated heterocycles. The summed E-state index contributed by atoms with van der Waals surface area (Å²) in [4.78, 5) is 4.92. The number of nitrogens with zero attached hydrogens (tertiary/aromatic N) is 3. The molecule has 0 bridgehead atoms. The van der Waals surface area contributed by atoms with Crippen LogP contribution in [0.3, 0.4) is 0 Å². The third-order valence-corrected chi connectivity index (χ3v) is 7.70. The zero-order chi connectivity index (χ0) is 24.5. The fraction of sp³-hybridized carbons (Fsp3) is 0.250. The van der Waals surface area contributed by atoms with Gasteiger partial charge in [0.05, 0.1) is 21.3 Å². The Balaban J connectivity index is 1.49. The van der Waals surface area contributed by atoms with Crippen molar-refractivity contribution in [2.45, 2.75) is 31.1 Å². The lowest BCUT2D eigenvalue weighted by Gasteiger charge is -2.19. The van der Waals surface area contributed by atoms with Gasteiger partial charge in [-0.1, -0.05) is 62.7 Å². The van der Waals surface area contributed by atoms with Gasteiger partial charge in [-0.05, 0) is 45.1 Å². The number of rotatable bonds is 7. The van der Waals surface area contributed by atoms with E-state index in [-0.39, 0.29) is 16.9 Å². The van der Waals surface area contributed by atoms with Crippen LogP contribution >= 0.6 is 27.5 Å². The van der Waals surface area contributed by atoms with Crippen molar-refractivity contribution >= 4 is 49.0 Å². The maximum absolute atomic E-state index is 12.7. The third kappa shape index (κ3) is 5.27. The highest BCUT2D eigenvalue weighted by atomic mass is 79.9. The molecular weight excluding hydrogens is 538 g/mol. The molecule has 0 aliphatic rings. The topological polar surface area (TPSA) is 88.4 Å². The fourth-order valence-corrected chi connectivity index (χ4v) is 5.07. The van der Waals surface area contributed by atoms with E-state index in [4.69, 9.17) is 11.6 Å². The number of fused-ring (bicyclic) bond motifs is 1. The first kappa shape index (κ1) is 24.7. The molecule has 0 aliphatic carbocycles. The molecule has 0 atom stereocenters. The predicted octanol–water partition coefficient (Wildman–Crippen LogP) is 5.50. The fourth-order valence-electron chi connectivity index (χ4n) is 3.46. The average molecular weight is 563 g/mol. The lowest BCUT2D eigenvalue weighted by Crippen LogP contribution is -2.29. The third-order valence-electron chi connectivity index (χ3n) is 5.33. The van der Waals surface area contributed by atoms with Gasteiger partial charge in [-0.3, -0.25) is 0 Å². The Morgan fingerprint density at radius 2 is 1.76 bits per heavy atom. The quantitative estimate of drug-likeness (QED) is 0.290. The van der Waals surface area contributed by atoms with Gasteiger partial charge in [-0.25, -0.2) is 18.1 Å². The summed E-state index contributed by atoms with van der Waals surface area (Å²) in [5, 5.41) is 8.19. The smallest absolute Gasteiger partial charge is 0.240 e. The van der Waals surface area contributed by atoms with Crippen molar-refractivity contribution in [3.8, 4) is 11.3 Å². The van der Waals surface area contributed by atoms with Crippen molar-refractivity contribution in [1.82, 2.24) is 19.3 Å². The van der Waals surface area contributed by atoms with E-state index in [9.17, 15) is 8.42 Å². The van der Waals surface area contributed by atoms with E-state index in [1.54, 1.807) is 22.8 Å². The van der Waals surface area contributed by atoms with Crippen LogP contribution in [0.1, 0.15) is 26.3 Å². The lowest BCUT2D eigenvalue weighted by atomic mass is 9.87. The van der Waals surface area contributed by atoms with Gasteiger partial charge < -0.3 is 5.32 Å². The molecule has 0 fully saturated rings. The Hall–Kier alpha value is -2.46. The summed E-state index contributed by atoms with van der Waals surface area (Å²) < 4.78 is 30.5. The molecule has 4 aromatic rings. The summed E-state index contributed by atoms with van der Waals surface area (Å²) in [5.74, 6) is 0.666. The number of aromatic nitrogens is 3. The van der Waals surface area contributed by atoms with Gasteiger partial charge in [0.2, 0.25) is 10.0 Å². The highest BCUT2D eigenvalue weighted by Crippen LogP contribution is 2.30. The molecule has 178 valence electrons. The normalized spacial score (nSPS) is 12.3. The van der Waals surface area contributed by atoms with Crippen LogP contribution in [0.2, 0.25) is 5.02 Å². The van der Waals surface area contributed by atoms with E-state index in [0.717, 1.165) is 15.6 Å². The van der Waals surface area contributed by atoms with Crippen LogP contribution in [0, 0.1) is 0 Å². The Bertz CT molecular complexity index is 1430. The number of hydrogen-bond donors (Lipinski definition) is 2. The average Bonchev–Trinajstić information content (AvgIpc) is 3.17. The van der Waals surface area contributed by atoms with Gasteiger partial charge in [0.1, 0.15) is 5.82 Å². The van der Waals surface area contributed by atoms with E-state index < -0.39 is 10.0 Å². The van der Waals surface area contributed by atoms with Crippen molar-refractivity contribution in [3.63, 3.8) is 0 Å². The SMILES string of the molecule is CC(C)(C)c1ccc(S(=O)(=O)NCCNc2cc(-c3ccccc3Cl)nc3c(Br)cnn23)cc1. The van der Waals surface area contributed by atoms with Crippen LogP contribution in [0.15, 0.2) is 70.2 Å². The second kappa shape index (κ2) is 9.65. The summed E-state index contributed by atoms with van der Waals surface area (Å²) in [6.45, 7) is 6.80. The Morgan fingerprint density at radius 1 is 1.06 bits per heavy atom. The maximum Gasteiger partial charge on any atom is 0.240 e. The molecule has 2 heterocycles. The van der Waals surface area contributed by atoms with Crippen molar-refractivity contribution in [3.05, 3.63) is 75.9 Å². The molecule has 0 aliphatic heterocycles. The highest BCUT2D eigenvalue weighted by Gasteiger charge is 2.18. The molecule has 4 rings (SSSR count). The van der Waals surface area contributed by atoms with Gasteiger partial charge >= 0.3 is 0 Å². The van der Waals surface area contributed by atoms with Crippen LogP contribution < -0.4 is 10.0 Å². The minimum atomic E-state index is -3.62. The Morgan fingerprint density at radius 3 is 2.44 bits per heavy atom. The molecule has 2 N–H and O–H groups in total. The second-order valence-corrected chi connectivity index (χ2v) is 11.9. The first-order valence-electron chi connectivity index (χ1n) is 10.7. The van der Waals surface area contributed by atoms with Gasteiger partial charge in [0, 0.05) is 29.7 Å². The standard InChI is InChI=1S/C24H25BrClN5O2S/c1-24(2,3)16-8-10-17(11-9-16)34(32,33)29-13-12-27-22-14-21(18-6-4-5-7-20(18)26)30-23-19(25)15-28-31(22)23/h4-11,14-15,27,29H,12-13H2,1-3H3. The summed E-state index contributed by atoms with van der Waals surface area (Å²) in [6.07, 6.45) is 1.66. The van der Waals surface area contributed by atoms with E-state index >= 15 is 0 Å². The van der Waals surface area contributed by atoms with Gasteiger partial charge in [-0.2, -0.15) is 9.61 Å². The number of nitrogens with one attached hydrogen (secondary N) is 2. The first-order valence-corrected chi connectivity index (χ1v) is 13.3. The number of halogens is 2. The van der Waals surface area contributed by atoms with Crippen LogP contribution in [-0.4, -0.2) is 36.1 Å². The van der Waals surface area contributed by atoms with Crippen LogP contribution in [0.4, 0.5) is 5.82 Å². The minimum absolute atomic E-state index is 0.0418. The maximum atomic E-state index is 12.7. The molecule has 2 aromatic heterocycles. The Labute approximate surface area is 212 Å². The molecule has 34 heavy (non-hydrogen) atoms. The number of hydrogen-bond acceptors (Lipinski definition) is 5. The minimum Gasteiger partial charge on any atom is -0.369 e. The largest absolute Gasteiger partial charge is 0.369 e. The van der Waals surface area contributed by atoms with E-state index in [2.05, 4.69) is 56.8 Å². The van der Waals surface area contributed by atoms with Gasteiger partial charge in [0.25, 0.3) is 0 Å². The van der Waals surface area contributed by atoms with Crippen molar-refractivity contribution in [2.75, 3.05) is 18.4 Å². The van der Waals surface area contributed by atoms with E-state index in [0.29, 0.717) is 28.7 Å². The van der Waals surface area contributed by atoms with Gasteiger partial charge in [-0.15, -0.1) is 0 Å². The highest BCUT2D eigenvalue weighted by molar-refractivity contribution is 9.10. The molecule has 0 unspecified atom stereocenters. The van der Waals surface area contributed by atoms with E-state index in [1.807, 2.05) is 42.5 Å². The number of benzene rings is 2. The molecule has 7 nitrogen and oxygen atoms in total. The summed E-state index contributed by atoms with van der Waals surface area (Å²) >= 11 is 9.85. The predicted molar refractivity (Wildman–Crippen MR) is 140 cm³/mol. The molecule has 10 heteroatoms. The van der Waals surface area contributed by atoms with Gasteiger partial charge in [0.15, 0.2) is 5.65 Å². The molecule has 0 spiro atoms. The Kier molecular flexibility index (Phi) is 7.00. The van der Waals surface area contributed by atoms with Crippen LogP contribution in [0.25, 0.3) is 16.9 Å². The van der Waals surface area contributed by atoms with Crippen molar-refractivity contribution < 1.29 is 8.42 Å². The van der Waals surface area contributed by atoms with Crippen LogP contribution in [0.5, 0.6) is 0 Å². The van der Waals surface area contributed by atoms with Crippen LogP contribution in [-0.2, 0) is 15.4 Å². The zero-order valence-corrected chi connectivity index (χ0v) is 22.2. The lowest BCUT2D eigenvalue weighted by molar-refractivity contribution is 0.579. The monoisotopic (exact) mass is 561 g/mol. The number of anilines is 1.